The van der Waals surface area contributed by atoms with E-state index < -0.39 is 0 Å². The van der Waals surface area contributed by atoms with Crippen LogP contribution in [0.25, 0.3) is 5.78 Å². The zero-order valence-corrected chi connectivity index (χ0v) is 14.7. The number of hydrogen-bond acceptors (Lipinski definition) is 6. The lowest BCUT2D eigenvalue weighted by Crippen LogP contribution is -2.23. The molecule has 0 atom stereocenters. The molecule has 3 heterocycles. The largest absolute Gasteiger partial charge is 0.472 e. The van der Waals surface area contributed by atoms with Crippen LogP contribution in [0.1, 0.15) is 37.6 Å². The Balaban J connectivity index is 1.83. The van der Waals surface area contributed by atoms with E-state index in [-0.39, 0.29) is 5.60 Å². The molecule has 126 valence electrons. The van der Waals surface area contributed by atoms with Crippen molar-refractivity contribution < 1.29 is 4.74 Å². The fourth-order valence-electron chi connectivity index (χ4n) is 2.36. The summed E-state index contributed by atoms with van der Waals surface area (Å²) >= 11 is 0. The van der Waals surface area contributed by atoms with Gasteiger partial charge in [0.1, 0.15) is 17.7 Å². The minimum absolute atomic E-state index is 0.273. The van der Waals surface area contributed by atoms with Crippen LogP contribution in [-0.4, -0.2) is 30.2 Å². The summed E-state index contributed by atoms with van der Waals surface area (Å²) in [7, 11) is 0. The van der Waals surface area contributed by atoms with E-state index >= 15 is 0 Å². The number of rotatable bonds is 4. The van der Waals surface area contributed by atoms with Gasteiger partial charge in [-0.05, 0) is 46.2 Å². The molecule has 7 heteroatoms. The van der Waals surface area contributed by atoms with Crippen LogP contribution in [0.4, 0.5) is 5.82 Å². The number of pyridine rings is 1. The summed E-state index contributed by atoms with van der Waals surface area (Å²) in [5, 5.41) is 7.67. The monoisotopic (exact) mass is 326 g/mol. The number of nitrogens with one attached hydrogen (secondary N) is 1. The molecule has 0 spiro atoms. The van der Waals surface area contributed by atoms with Gasteiger partial charge in [0.2, 0.25) is 5.88 Å². The van der Waals surface area contributed by atoms with Crippen LogP contribution in [0.2, 0.25) is 0 Å². The van der Waals surface area contributed by atoms with Crippen molar-refractivity contribution in [2.75, 3.05) is 5.32 Å². The SMILES string of the molecule is Cc1nc2ncnn2c(NCc2ccnc(OC(C)(C)C)c2)c1C. The Morgan fingerprint density at radius 1 is 1.21 bits per heavy atom. The highest BCUT2D eigenvalue weighted by Crippen LogP contribution is 2.20. The van der Waals surface area contributed by atoms with Gasteiger partial charge in [0.05, 0.1) is 0 Å². The summed E-state index contributed by atoms with van der Waals surface area (Å²) in [4.78, 5) is 12.9. The third-order valence-corrected chi connectivity index (χ3v) is 3.58. The minimum atomic E-state index is -0.273. The molecular formula is C17H22N6O. The minimum Gasteiger partial charge on any atom is -0.472 e. The maximum atomic E-state index is 5.82. The molecule has 0 unspecified atom stereocenters. The van der Waals surface area contributed by atoms with Gasteiger partial charge in [0.15, 0.2) is 0 Å². The third kappa shape index (κ3) is 3.45. The second-order valence-electron chi connectivity index (χ2n) is 6.71. The summed E-state index contributed by atoms with van der Waals surface area (Å²) in [6, 6.07) is 3.91. The van der Waals surface area contributed by atoms with Crippen LogP contribution in [0, 0.1) is 13.8 Å². The van der Waals surface area contributed by atoms with Crippen LogP contribution in [0.15, 0.2) is 24.7 Å². The summed E-state index contributed by atoms with van der Waals surface area (Å²) in [6.45, 7) is 10.6. The molecule has 0 aliphatic rings. The van der Waals surface area contributed by atoms with Crippen molar-refractivity contribution in [2.45, 2.75) is 46.8 Å². The molecule has 0 saturated heterocycles. The molecule has 1 N–H and O–H groups in total. The molecule has 3 rings (SSSR count). The highest BCUT2D eigenvalue weighted by molar-refractivity contribution is 5.52. The standard InChI is InChI=1S/C17H22N6O/c1-11-12(2)22-16-20-10-21-23(16)15(11)19-9-13-6-7-18-14(8-13)24-17(3,4)5/h6-8,10,19H,9H2,1-5H3. The van der Waals surface area contributed by atoms with Gasteiger partial charge in [-0.3, -0.25) is 0 Å². The van der Waals surface area contributed by atoms with E-state index in [4.69, 9.17) is 4.74 Å². The number of aromatic nitrogens is 5. The highest BCUT2D eigenvalue weighted by Gasteiger charge is 2.14. The van der Waals surface area contributed by atoms with Gasteiger partial charge in [-0.15, -0.1) is 0 Å². The Morgan fingerprint density at radius 2 is 2.00 bits per heavy atom. The van der Waals surface area contributed by atoms with Crippen molar-refractivity contribution >= 4 is 11.6 Å². The zero-order valence-electron chi connectivity index (χ0n) is 14.7. The number of hydrogen-bond donors (Lipinski definition) is 1. The van der Waals surface area contributed by atoms with Crippen molar-refractivity contribution in [1.29, 1.82) is 0 Å². The molecule has 0 bridgehead atoms. The predicted molar refractivity (Wildman–Crippen MR) is 92.2 cm³/mol. The van der Waals surface area contributed by atoms with Gasteiger partial charge < -0.3 is 10.1 Å². The van der Waals surface area contributed by atoms with Crippen LogP contribution in [0.3, 0.4) is 0 Å². The molecule has 24 heavy (non-hydrogen) atoms. The van der Waals surface area contributed by atoms with Gasteiger partial charge in [0, 0.05) is 30.1 Å². The Hall–Kier alpha value is -2.70. The molecular weight excluding hydrogens is 304 g/mol. The van der Waals surface area contributed by atoms with Gasteiger partial charge in [0.25, 0.3) is 5.78 Å². The summed E-state index contributed by atoms with van der Waals surface area (Å²) < 4.78 is 7.54. The topological polar surface area (TPSA) is 77.2 Å². The summed E-state index contributed by atoms with van der Waals surface area (Å²) in [5.74, 6) is 2.10. The molecule has 0 saturated carbocycles. The average molecular weight is 326 g/mol. The molecule has 0 aromatic carbocycles. The smallest absolute Gasteiger partial charge is 0.254 e. The van der Waals surface area contributed by atoms with Crippen molar-refractivity contribution in [1.82, 2.24) is 24.6 Å². The molecule has 7 nitrogen and oxygen atoms in total. The number of anilines is 1. The first-order valence-corrected chi connectivity index (χ1v) is 7.88. The van der Waals surface area contributed by atoms with E-state index in [2.05, 4.69) is 25.4 Å². The van der Waals surface area contributed by atoms with E-state index in [9.17, 15) is 0 Å². The van der Waals surface area contributed by atoms with E-state index in [1.54, 1.807) is 10.7 Å². The highest BCUT2D eigenvalue weighted by atomic mass is 16.5. The maximum Gasteiger partial charge on any atom is 0.254 e. The van der Waals surface area contributed by atoms with Crippen LogP contribution in [-0.2, 0) is 6.54 Å². The van der Waals surface area contributed by atoms with E-state index in [0.29, 0.717) is 18.2 Å². The average Bonchev–Trinajstić information content (AvgIpc) is 2.94. The Labute approximate surface area is 141 Å². The molecule has 0 amide bonds. The second-order valence-corrected chi connectivity index (χ2v) is 6.71. The van der Waals surface area contributed by atoms with Crippen molar-refractivity contribution in [3.8, 4) is 5.88 Å². The van der Waals surface area contributed by atoms with E-state index in [1.165, 1.54) is 6.33 Å². The lowest BCUT2D eigenvalue weighted by atomic mass is 10.2. The summed E-state index contributed by atoms with van der Waals surface area (Å²) in [5.41, 5.74) is 2.79. The van der Waals surface area contributed by atoms with Crippen molar-refractivity contribution in [2.24, 2.45) is 0 Å². The predicted octanol–water partition coefficient (Wildman–Crippen LogP) is 2.93. The third-order valence-electron chi connectivity index (χ3n) is 3.58. The first kappa shape index (κ1) is 16.2. The second kappa shape index (κ2) is 6.07. The zero-order chi connectivity index (χ0) is 17.3. The van der Waals surface area contributed by atoms with Crippen molar-refractivity contribution in [3.05, 3.63) is 41.5 Å². The van der Waals surface area contributed by atoms with E-state index in [1.807, 2.05) is 46.8 Å². The molecule has 0 fully saturated rings. The Kier molecular flexibility index (Phi) is 4.09. The molecule has 0 radical (unpaired) electrons. The first-order chi connectivity index (χ1) is 11.3. The van der Waals surface area contributed by atoms with Crippen molar-refractivity contribution in [3.63, 3.8) is 0 Å². The van der Waals surface area contributed by atoms with Crippen LogP contribution < -0.4 is 10.1 Å². The lowest BCUT2D eigenvalue weighted by Gasteiger charge is -2.20. The van der Waals surface area contributed by atoms with E-state index in [0.717, 1.165) is 22.6 Å². The number of nitrogens with zero attached hydrogens (tertiary/aromatic N) is 5. The van der Waals surface area contributed by atoms with Gasteiger partial charge in [-0.1, -0.05) is 0 Å². The quantitative estimate of drug-likeness (QED) is 0.794. The molecule has 0 aliphatic heterocycles. The fraction of sp³-hybridized carbons (Fsp3) is 0.412. The van der Waals surface area contributed by atoms with Gasteiger partial charge in [-0.25, -0.2) is 9.97 Å². The first-order valence-electron chi connectivity index (χ1n) is 7.88. The fourth-order valence-corrected chi connectivity index (χ4v) is 2.36. The Bertz CT molecular complexity index is 865. The maximum absolute atomic E-state index is 5.82. The van der Waals surface area contributed by atoms with Gasteiger partial charge >= 0.3 is 0 Å². The molecule has 3 aromatic rings. The number of fused-ring (bicyclic) bond motifs is 1. The molecule has 3 aromatic heterocycles. The normalized spacial score (nSPS) is 11.7. The number of ether oxygens (including phenoxy) is 1. The summed E-state index contributed by atoms with van der Waals surface area (Å²) in [6.07, 6.45) is 3.27. The van der Waals surface area contributed by atoms with Crippen LogP contribution >= 0.6 is 0 Å². The van der Waals surface area contributed by atoms with Gasteiger partial charge in [-0.2, -0.15) is 14.6 Å². The lowest BCUT2D eigenvalue weighted by molar-refractivity contribution is 0.124. The van der Waals surface area contributed by atoms with Crippen LogP contribution in [0.5, 0.6) is 5.88 Å². The Morgan fingerprint density at radius 3 is 2.75 bits per heavy atom. The molecule has 0 aliphatic carbocycles. The number of aryl methyl sites for hydroxylation is 1.